The Morgan fingerprint density at radius 2 is 2.35 bits per heavy atom. The van der Waals surface area contributed by atoms with Crippen molar-refractivity contribution < 1.29 is 15.0 Å². The van der Waals surface area contributed by atoms with Crippen molar-refractivity contribution in [3.63, 3.8) is 0 Å². The molecule has 3 N–H and O–H groups in total. The van der Waals surface area contributed by atoms with Crippen LogP contribution in [-0.4, -0.2) is 38.3 Å². The Morgan fingerprint density at radius 3 is 2.95 bits per heavy atom. The molecule has 0 amide bonds. The molecular weight excluding hydrogens is 258 g/mol. The number of nitrogens with one attached hydrogen (secondary N) is 1. The van der Waals surface area contributed by atoms with Gasteiger partial charge < -0.3 is 15.5 Å². The highest BCUT2D eigenvalue weighted by atomic mass is 16.4. The Bertz CT molecular complexity index is 506. The lowest BCUT2D eigenvalue weighted by Gasteiger charge is -2.35. The zero-order chi connectivity index (χ0) is 14.8. The van der Waals surface area contributed by atoms with Crippen LogP contribution in [0.25, 0.3) is 0 Å². The van der Waals surface area contributed by atoms with Crippen molar-refractivity contribution >= 4 is 11.9 Å². The van der Waals surface area contributed by atoms with E-state index in [2.05, 4.69) is 22.2 Å². The van der Waals surface area contributed by atoms with Gasteiger partial charge >= 0.3 is 5.97 Å². The van der Waals surface area contributed by atoms with Gasteiger partial charge in [-0.1, -0.05) is 19.8 Å². The van der Waals surface area contributed by atoms with Crippen LogP contribution in [-0.2, 0) is 0 Å². The molecule has 0 aromatic carbocycles. The first-order valence-corrected chi connectivity index (χ1v) is 6.93. The number of rotatable bonds is 4. The molecule has 0 bridgehead atoms. The number of carboxylic acid groups (broad SMARTS) is 1. The van der Waals surface area contributed by atoms with Crippen LogP contribution in [0.4, 0.5) is 5.95 Å². The van der Waals surface area contributed by atoms with E-state index >= 15 is 0 Å². The summed E-state index contributed by atoms with van der Waals surface area (Å²) in [5.41, 5.74) is -0.208. The van der Waals surface area contributed by atoms with E-state index in [0.29, 0.717) is 24.1 Å². The van der Waals surface area contributed by atoms with Gasteiger partial charge in [-0.3, -0.25) is 0 Å². The van der Waals surface area contributed by atoms with Gasteiger partial charge in [0.2, 0.25) is 5.95 Å². The number of hydrogen-bond donors (Lipinski definition) is 3. The van der Waals surface area contributed by atoms with Crippen LogP contribution in [0.2, 0.25) is 0 Å². The van der Waals surface area contributed by atoms with Gasteiger partial charge in [0.05, 0.1) is 16.9 Å². The van der Waals surface area contributed by atoms with Gasteiger partial charge in [0.25, 0.3) is 0 Å². The summed E-state index contributed by atoms with van der Waals surface area (Å²) in [6, 6.07) is 0. The van der Waals surface area contributed by atoms with Gasteiger partial charge in [-0.15, -0.1) is 0 Å². The molecule has 20 heavy (non-hydrogen) atoms. The van der Waals surface area contributed by atoms with Crippen LogP contribution >= 0.6 is 0 Å². The van der Waals surface area contributed by atoms with E-state index in [1.165, 1.54) is 6.20 Å². The number of aryl methyl sites for hydroxylation is 1. The Labute approximate surface area is 118 Å². The fourth-order valence-corrected chi connectivity index (χ4v) is 2.80. The van der Waals surface area contributed by atoms with Gasteiger partial charge in [0.15, 0.2) is 0 Å². The number of carbonyl (C=O) groups is 1. The number of carboxylic acids is 1. The van der Waals surface area contributed by atoms with Crippen LogP contribution in [0.1, 0.15) is 48.7 Å². The van der Waals surface area contributed by atoms with Crippen LogP contribution < -0.4 is 5.32 Å². The van der Waals surface area contributed by atoms with Gasteiger partial charge in [-0.05, 0) is 25.7 Å². The average Bonchev–Trinajstić information content (AvgIpc) is 2.36. The predicted octanol–water partition coefficient (Wildman–Crippen LogP) is 1.84. The van der Waals surface area contributed by atoms with E-state index in [-0.39, 0.29) is 5.56 Å². The first-order chi connectivity index (χ1) is 9.39. The minimum Gasteiger partial charge on any atom is -0.478 e. The van der Waals surface area contributed by atoms with Crippen LogP contribution in [0.5, 0.6) is 0 Å². The molecule has 0 spiro atoms. The lowest BCUT2D eigenvalue weighted by atomic mass is 9.79. The molecule has 1 saturated carbocycles. The first-order valence-electron chi connectivity index (χ1n) is 6.93. The Kier molecular flexibility index (Phi) is 4.23. The summed E-state index contributed by atoms with van der Waals surface area (Å²) in [6.07, 6.45) is 5.02. The van der Waals surface area contributed by atoms with Crippen molar-refractivity contribution in [3.8, 4) is 0 Å². The standard InChI is InChI=1S/C14H21N3O3/c1-9-4-3-5-14(20,6-9)8-16-13-15-7-11(12(18)19)10(2)17-13/h7,9,20H,3-6,8H2,1-2H3,(H,18,19)(H,15,16,17). The van der Waals surface area contributed by atoms with E-state index in [1.54, 1.807) is 6.92 Å². The maximum absolute atomic E-state index is 10.9. The quantitative estimate of drug-likeness (QED) is 0.778. The minimum absolute atomic E-state index is 0.0977. The summed E-state index contributed by atoms with van der Waals surface area (Å²) in [6.45, 7) is 4.17. The molecule has 2 rings (SSSR count). The number of anilines is 1. The molecule has 1 heterocycles. The molecular formula is C14H21N3O3. The van der Waals surface area contributed by atoms with E-state index in [1.807, 2.05) is 0 Å². The smallest absolute Gasteiger partial charge is 0.339 e. The predicted molar refractivity (Wildman–Crippen MR) is 74.8 cm³/mol. The molecule has 0 aliphatic heterocycles. The number of hydrogen-bond acceptors (Lipinski definition) is 5. The summed E-state index contributed by atoms with van der Waals surface area (Å²) in [5.74, 6) is -0.152. The molecule has 6 heteroatoms. The fraction of sp³-hybridized carbons (Fsp3) is 0.643. The largest absolute Gasteiger partial charge is 0.478 e. The first kappa shape index (κ1) is 14.7. The molecule has 1 fully saturated rings. The van der Waals surface area contributed by atoms with Gasteiger partial charge in [-0.25, -0.2) is 14.8 Å². The maximum atomic E-state index is 10.9. The molecule has 2 unspecified atom stereocenters. The van der Waals surface area contributed by atoms with Gasteiger partial charge in [0.1, 0.15) is 0 Å². The molecule has 1 aliphatic carbocycles. The van der Waals surface area contributed by atoms with Crippen LogP contribution in [0.15, 0.2) is 6.20 Å². The summed E-state index contributed by atoms with van der Waals surface area (Å²) in [4.78, 5) is 19.0. The second-order valence-corrected chi connectivity index (χ2v) is 5.78. The second kappa shape index (κ2) is 5.75. The number of aromatic carboxylic acids is 1. The highest BCUT2D eigenvalue weighted by Gasteiger charge is 2.32. The molecule has 2 atom stereocenters. The molecule has 0 radical (unpaired) electrons. The van der Waals surface area contributed by atoms with Gasteiger partial charge in [-0.2, -0.15) is 0 Å². The molecule has 1 aromatic rings. The zero-order valence-corrected chi connectivity index (χ0v) is 11.9. The Morgan fingerprint density at radius 1 is 1.60 bits per heavy atom. The van der Waals surface area contributed by atoms with Crippen molar-refractivity contribution in [2.45, 2.75) is 45.1 Å². The van der Waals surface area contributed by atoms with E-state index in [0.717, 1.165) is 25.7 Å². The summed E-state index contributed by atoms with van der Waals surface area (Å²) >= 11 is 0. The molecule has 0 saturated heterocycles. The second-order valence-electron chi connectivity index (χ2n) is 5.78. The number of nitrogens with zero attached hydrogens (tertiary/aromatic N) is 2. The van der Waals surface area contributed by atoms with Crippen molar-refractivity contribution in [1.82, 2.24) is 9.97 Å². The highest BCUT2D eigenvalue weighted by Crippen LogP contribution is 2.32. The van der Waals surface area contributed by atoms with Crippen molar-refractivity contribution in [3.05, 3.63) is 17.5 Å². The third-order valence-electron chi connectivity index (χ3n) is 3.85. The summed E-state index contributed by atoms with van der Waals surface area (Å²) in [7, 11) is 0. The number of aliphatic hydroxyl groups is 1. The summed E-state index contributed by atoms with van der Waals surface area (Å²) < 4.78 is 0. The van der Waals surface area contributed by atoms with Crippen LogP contribution in [0.3, 0.4) is 0 Å². The SMILES string of the molecule is Cc1nc(NCC2(O)CCCC(C)C2)ncc1C(=O)O. The molecule has 6 nitrogen and oxygen atoms in total. The Hall–Kier alpha value is -1.69. The van der Waals surface area contributed by atoms with Crippen molar-refractivity contribution in [2.75, 3.05) is 11.9 Å². The average molecular weight is 279 g/mol. The third-order valence-corrected chi connectivity index (χ3v) is 3.85. The summed E-state index contributed by atoms with van der Waals surface area (Å²) in [5, 5.41) is 22.4. The van der Waals surface area contributed by atoms with E-state index in [4.69, 9.17) is 5.11 Å². The lowest BCUT2D eigenvalue weighted by molar-refractivity contribution is -0.000913. The highest BCUT2D eigenvalue weighted by molar-refractivity contribution is 5.88. The molecule has 1 aliphatic rings. The zero-order valence-electron chi connectivity index (χ0n) is 11.9. The van der Waals surface area contributed by atoms with Crippen molar-refractivity contribution in [1.29, 1.82) is 0 Å². The minimum atomic E-state index is -1.03. The monoisotopic (exact) mass is 279 g/mol. The molecule has 1 aromatic heterocycles. The fourth-order valence-electron chi connectivity index (χ4n) is 2.80. The molecule has 110 valence electrons. The van der Waals surface area contributed by atoms with E-state index in [9.17, 15) is 9.90 Å². The van der Waals surface area contributed by atoms with E-state index < -0.39 is 11.6 Å². The third kappa shape index (κ3) is 3.45. The van der Waals surface area contributed by atoms with Crippen LogP contribution in [0, 0.1) is 12.8 Å². The topological polar surface area (TPSA) is 95.3 Å². The van der Waals surface area contributed by atoms with Crippen molar-refractivity contribution in [2.24, 2.45) is 5.92 Å². The van der Waals surface area contributed by atoms with Gasteiger partial charge in [0, 0.05) is 12.7 Å². The normalized spacial score (nSPS) is 26.2. The lowest BCUT2D eigenvalue weighted by Crippen LogP contribution is -2.41. The maximum Gasteiger partial charge on any atom is 0.339 e. The Balaban J connectivity index is 2.00. The number of aromatic nitrogens is 2.